The summed E-state index contributed by atoms with van der Waals surface area (Å²) in [6.07, 6.45) is -0.118. The Balaban J connectivity index is 2.15. The molecular weight excluding hydrogens is 244 g/mol. The van der Waals surface area contributed by atoms with Crippen molar-refractivity contribution in [2.24, 2.45) is 0 Å². The van der Waals surface area contributed by atoms with Crippen LogP contribution in [0.15, 0.2) is 28.8 Å². The summed E-state index contributed by atoms with van der Waals surface area (Å²) in [5, 5.41) is 12.9. The summed E-state index contributed by atoms with van der Waals surface area (Å²) in [7, 11) is 0. The van der Waals surface area contributed by atoms with Gasteiger partial charge >= 0.3 is 0 Å². The van der Waals surface area contributed by atoms with Gasteiger partial charge in [0.1, 0.15) is 6.10 Å². The Hall–Kier alpha value is -1.72. The van der Waals surface area contributed by atoms with Crippen LogP contribution in [-0.4, -0.2) is 21.4 Å². The first-order valence-electron chi connectivity index (χ1n) is 6.29. The zero-order valence-corrected chi connectivity index (χ0v) is 11.3. The molecule has 0 aliphatic rings. The Morgan fingerprint density at radius 1 is 1.21 bits per heavy atom. The monoisotopic (exact) mass is 262 g/mol. The minimum atomic E-state index is -0.224. The van der Waals surface area contributed by atoms with Gasteiger partial charge in [-0.3, -0.25) is 0 Å². The molecule has 0 aliphatic carbocycles. The Morgan fingerprint density at radius 2 is 1.89 bits per heavy atom. The predicted octanol–water partition coefficient (Wildman–Crippen LogP) is 2.71. The Labute approximate surface area is 112 Å². The van der Waals surface area contributed by atoms with Crippen LogP contribution in [0.2, 0.25) is 0 Å². The van der Waals surface area contributed by atoms with Crippen molar-refractivity contribution in [2.45, 2.75) is 39.6 Å². The fourth-order valence-electron chi connectivity index (χ4n) is 1.74. The van der Waals surface area contributed by atoms with Crippen LogP contribution >= 0.6 is 0 Å². The molecule has 5 heteroatoms. The normalized spacial score (nSPS) is 12.9. The molecule has 2 aromatic rings. The van der Waals surface area contributed by atoms with E-state index >= 15 is 0 Å². The third-order valence-corrected chi connectivity index (χ3v) is 2.66. The van der Waals surface area contributed by atoms with Crippen molar-refractivity contribution in [1.29, 1.82) is 0 Å². The molecule has 102 valence electrons. The van der Waals surface area contributed by atoms with Crippen molar-refractivity contribution in [3.63, 3.8) is 0 Å². The summed E-state index contributed by atoms with van der Waals surface area (Å²) in [5.74, 6) is 0.994. The molecule has 0 saturated carbocycles. The van der Waals surface area contributed by atoms with E-state index in [-0.39, 0.29) is 18.8 Å². The topological polar surface area (TPSA) is 68.4 Å². The van der Waals surface area contributed by atoms with E-state index < -0.39 is 0 Å². The highest BCUT2D eigenvalue weighted by Crippen LogP contribution is 2.21. The summed E-state index contributed by atoms with van der Waals surface area (Å²) in [6, 6.07) is 7.38. The number of rotatable bonds is 5. The molecule has 0 spiro atoms. The zero-order valence-electron chi connectivity index (χ0n) is 11.3. The molecule has 19 heavy (non-hydrogen) atoms. The summed E-state index contributed by atoms with van der Waals surface area (Å²) in [6.45, 7) is 5.83. The van der Waals surface area contributed by atoms with Crippen molar-refractivity contribution in [3.8, 4) is 11.4 Å². The maximum absolute atomic E-state index is 8.99. The van der Waals surface area contributed by atoms with E-state index in [2.05, 4.69) is 10.1 Å². The molecule has 0 fully saturated rings. The van der Waals surface area contributed by atoms with E-state index in [9.17, 15) is 0 Å². The van der Waals surface area contributed by atoms with Gasteiger partial charge in [0.05, 0.1) is 12.7 Å². The first kappa shape index (κ1) is 13.7. The van der Waals surface area contributed by atoms with Crippen LogP contribution in [0.5, 0.6) is 0 Å². The molecule has 0 saturated heterocycles. The van der Waals surface area contributed by atoms with E-state index in [0.29, 0.717) is 11.7 Å². The lowest BCUT2D eigenvalue weighted by Crippen LogP contribution is -2.07. The lowest BCUT2D eigenvalue weighted by Gasteiger charge is -2.11. The second-order valence-electron chi connectivity index (χ2n) is 4.64. The molecule has 1 aromatic heterocycles. The van der Waals surface area contributed by atoms with E-state index in [4.69, 9.17) is 14.4 Å². The Kier molecular flexibility index (Phi) is 4.29. The highest BCUT2D eigenvalue weighted by Gasteiger charge is 2.16. The van der Waals surface area contributed by atoms with Gasteiger partial charge < -0.3 is 14.4 Å². The standard InChI is InChI=1S/C14H18N2O3/c1-9(2)18-10(3)14-15-13(16-19-14)12-6-4-11(8-17)5-7-12/h4-7,9-10,17H,8H2,1-3H3. The summed E-state index contributed by atoms with van der Waals surface area (Å²) < 4.78 is 10.8. The van der Waals surface area contributed by atoms with Gasteiger partial charge in [0.25, 0.3) is 5.89 Å². The number of nitrogens with zero attached hydrogens (tertiary/aromatic N) is 2. The van der Waals surface area contributed by atoms with Gasteiger partial charge in [0.2, 0.25) is 5.82 Å². The zero-order chi connectivity index (χ0) is 13.8. The smallest absolute Gasteiger partial charge is 0.255 e. The number of benzene rings is 1. The average molecular weight is 262 g/mol. The van der Waals surface area contributed by atoms with E-state index in [0.717, 1.165) is 11.1 Å². The molecule has 1 N–H and O–H groups in total. The number of ether oxygens (including phenoxy) is 1. The predicted molar refractivity (Wildman–Crippen MR) is 70.3 cm³/mol. The minimum Gasteiger partial charge on any atom is -0.392 e. The summed E-state index contributed by atoms with van der Waals surface area (Å²) >= 11 is 0. The van der Waals surface area contributed by atoms with Gasteiger partial charge in [-0.15, -0.1) is 0 Å². The molecule has 1 heterocycles. The first-order valence-corrected chi connectivity index (χ1v) is 6.29. The van der Waals surface area contributed by atoms with Crippen molar-refractivity contribution >= 4 is 0 Å². The van der Waals surface area contributed by atoms with Crippen LogP contribution in [0.4, 0.5) is 0 Å². The van der Waals surface area contributed by atoms with Gasteiger partial charge in [-0.05, 0) is 26.3 Å². The fraction of sp³-hybridized carbons (Fsp3) is 0.429. The quantitative estimate of drug-likeness (QED) is 0.897. The molecule has 0 amide bonds. The van der Waals surface area contributed by atoms with Gasteiger partial charge in [-0.2, -0.15) is 4.98 Å². The molecule has 5 nitrogen and oxygen atoms in total. The molecule has 0 aliphatic heterocycles. The van der Waals surface area contributed by atoms with Crippen LogP contribution in [0.25, 0.3) is 11.4 Å². The van der Waals surface area contributed by atoms with Crippen LogP contribution in [0.3, 0.4) is 0 Å². The largest absolute Gasteiger partial charge is 0.392 e. The SMILES string of the molecule is CC(C)OC(C)c1nc(-c2ccc(CO)cc2)no1. The molecule has 0 bridgehead atoms. The summed E-state index contributed by atoms with van der Waals surface area (Å²) in [5.41, 5.74) is 1.70. The second kappa shape index (κ2) is 5.95. The molecule has 1 aromatic carbocycles. The summed E-state index contributed by atoms with van der Waals surface area (Å²) in [4.78, 5) is 4.32. The highest BCUT2D eigenvalue weighted by molar-refractivity contribution is 5.54. The maximum atomic E-state index is 8.99. The van der Waals surface area contributed by atoms with Crippen LogP contribution in [0.1, 0.15) is 38.3 Å². The molecule has 1 unspecified atom stereocenters. The number of hydrogen-bond donors (Lipinski definition) is 1. The molecule has 1 atom stereocenters. The first-order chi connectivity index (χ1) is 9.10. The second-order valence-corrected chi connectivity index (χ2v) is 4.64. The van der Waals surface area contributed by atoms with Crippen molar-refractivity contribution < 1.29 is 14.4 Å². The van der Waals surface area contributed by atoms with E-state index in [1.54, 1.807) is 0 Å². The van der Waals surface area contributed by atoms with E-state index in [1.807, 2.05) is 45.0 Å². The van der Waals surface area contributed by atoms with Crippen LogP contribution < -0.4 is 0 Å². The number of aromatic nitrogens is 2. The van der Waals surface area contributed by atoms with Gasteiger partial charge in [-0.1, -0.05) is 29.4 Å². The number of aliphatic hydroxyl groups is 1. The molecular formula is C14H18N2O3. The van der Waals surface area contributed by atoms with Gasteiger partial charge in [-0.25, -0.2) is 0 Å². The molecule has 0 radical (unpaired) electrons. The Morgan fingerprint density at radius 3 is 2.47 bits per heavy atom. The lowest BCUT2D eigenvalue weighted by atomic mass is 10.1. The number of hydrogen-bond acceptors (Lipinski definition) is 5. The minimum absolute atomic E-state index is 0.0248. The van der Waals surface area contributed by atoms with Gasteiger partial charge in [0.15, 0.2) is 0 Å². The number of aliphatic hydroxyl groups excluding tert-OH is 1. The van der Waals surface area contributed by atoms with Crippen molar-refractivity contribution in [2.75, 3.05) is 0 Å². The van der Waals surface area contributed by atoms with Crippen LogP contribution in [0, 0.1) is 0 Å². The van der Waals surface area contributed by atoms with Gasteiger partial charge in [0, 0.05) is 5.56 Å². The maximum Gasteiger partial charge on any atom is 0.255 e. The van der Waals surface area contributed by atoms with E-state index in [1.165, 1.54) is 0 Å². The Bertz CT molecular complexity index is 520. The lowest BCUT2D eigenvalue weighted by molar-refractivity contribution is -0.0000500. The third-order valence-electron chi connectivity index (χ3n) is 2.66. The fourth-order valence-corrected chi connectivity index (χ4v) is 1.74. The van der Waals surface area contributed by atoms with Crippen LogP contribution in [-0.2, 0) is 11.3 Å². The molecule has 2 rings (SSSR count). The highest BCUT2D eigenvalue weighted by atomic mass is 16.5. The van der Waals surface area contributed by atoms with Crippen molar-refractivity contribution in [3.05, 3.63) is 35.7 Å². The average Bonchev–Trinajstić information content (AvgIpc) is 2.88. The third kappa shape index (κ3) is 3.39. The van der Waals surface area contributed by atoms with Crippen molar-refractivity contribution in [1.82, 2.24) is 10.1 Å².